The van der Waals surface area contributed by atoms with Crippen molar-refractivity contribution in [1.29, 1.82) is 5.26 Å². The molecule has 4 rings (SSSR count). The summed E-state index contributed by atoms with van der Waals surface area (Å²) in [5, 5.41) is 8.90. The molecule has 1 saturated heterocycles. The van der Waals surface area contributed by atoms with Gasteiger partial charge in [0.05, 0.1) is 18.2 Å². The maximum Gasteiger partial charge on any atom is 0.178 e. The number of Topliss-reactive ketones (excluding diaryl/α,β-unsaturated/α-hetero) is 1. The van der Waals surface area contributed by atoms with Crippen LogP contribution in [0.15, 0.2) is 30.3 Å². The number of aromatic nitrogens is 1. The first kappa shape index (κ1) is 18.9. The summed E-state index contributed by atoms with van der Waals surface area (Å²) in [5.74, 6) is 0.251. The molecule has 0 bridgehead atoms. The summed E-state index contributed by atoms with van der Waals surface area (Å²) in [4.78, 5) is 17.6. The zero-order valence-electron chi connectivity index (χ0n) is 16.8. The molecule has 1 aliphatic carbocycles. The van der Waals surface area contributed by atoms with E-state index in [-0.39, 0.29) is 5.78 Å². The Bertz CT molecular complexity index is 894. The molecule has 1 aromatic carbocycles. The average molecular weight is 377 g/mol. The number of rotatable bonds is 6. The molecule has 146 valence electrons. The first-order chi connectivity index (χ1) is 13.5. The van der Waals surface area contributed by atoms with Gasteiger partial charge in [-0.25, -0.2) is 0 Å². The van der Waals surface area contributed by atoms with E-state index >= 15 is 0 Å². The minimum Gasteiger partial charge on any atom is -0.345 e. The van der Waals surface area contributed by atoms with Crippen molar-refractivity contribution in [3.8, 4) is 6.07 Å². The van der Waals surface area contributed by atoms with Gasteiger partial charge in [0.2, 0.25) is 0 Å². The van der Waals surface area contributed by atoms with Gasteiger partial charge in [0.1, 0.15) is 0 Å². The first-order valence-electron chi connectivity index (χ1n) is 10.2. The summed E-state index contributed by atoms with van der Waals surface area (Å²) in [7, 11) is 0. The van der Waals surface area contributed by atoms with E-state index in [1.807, 2.05) is 24.3 Å². The Morgan fingerprint density at radius 3 is 2.32 bits per heavy atom. The fourth-order valence-electron chi connectivity index (χ4n) is 4.29. The van der Waals surface area contributed by atoms with Gasteiger partial charge >= 0.3 is 0 Å². The fraction of sp³-hybridized carbons (Fsp3) is 0.478. The number of hydrogen-bond donors (Lipinski definition) is 0. The van der Waals surface area contributed by atoms with Crippen LogP contribution >= 0.6 is 0 Å². The third-order valence-electron chi connectivity index (χ3n) is 6.02. The molecule has 0 amide bonds. The highest BCUT2D eigenvalue weighted by Gasteiger charge is 2.29. The SMILES string of the molecule is Cc1cc(C(=O)CN2CCN(Cc3ccc(C#N)cc3)CC2)c(C)n1C1CC1. The van der Waals surface area contributed by atoms with Gasteiger partial charge in [-0.3, -0.25) is 14.6 Å². The Morgan fingerprint density at radius 2 is 1.71 bits per heavy atom. The van der Waals surface area contributed by atoms with Gasteiger partial charge in [-0.05, 0) is 50.5 Å². The van der Waals surface area contributed by atoms with Crippen molar-refractivity contribution in [2.45, 2.75) is 39.3 Å². The molecule has 0 radical (unpaired) electrons. The quantitative estimate of drug-likeness (QED) is 0.726. The van der Waals surface area contributed by atoms with Crippen LogP contribution in [0, 0.1) is 25.2 Å². The largest absolute Gasteiger partial charge is 0.345 e. The van der Waals surface area contributed by atoms with Crippen LogP contribution in [0.25, 0.3) is 0 Å². The molecule has 0 N–H and O–H groups in total. The monoisotopic (exact) mass is 376 g/mol. The summed E-state index contributed by atoms with van der Waals surface area (Å²) in [6.45, 7) is 9.39. The average Bonchev–Trinajstić information content (AvgIpc) is 3.48. The Hall–Kier alpha value is -2.42. The lowest BCUT2D eigenvalue weighted by molar-refractivity contribution is 0.0843. The van der Waals surface area contributed by atoms with Crippen molar-refractivity contribution in [2.24, 2.45) is 0 Å². The van der Waals surface area contributed by atoms with Gasteiger partial charge in [-0.15, -0.1) is 0 Å². The molecule has 1 aliphatic heterocycles. The number of benzene rings is 1. The van der Waals surface area contributed by atoms with Gasteiger partial charge in [-0.1, -0.05) is 12.1 Å². The highest BCUT2D eigenvalue weighted by Crippen LogP contribution is 2.38. The van der Waals surface area contributed by atoms with Crippen LogP contribution in [-0.4, -0.2) is 52.9 Å². The van der Waals surface area contributed by atoms with Crippen LogP contribution in [0.1, 0.15) is 51.8 Å². The molecule has 2 heterocycles. The second-order valence-electron chi connectivity index (χ2n) is 8.17. The van der Waals surface area contributed by atoms with Gasteiger partial charge in [0, 0.05) is 55.7 Å². The molecule has 1 saturated carbocycles. The molecule has 28 heavy (non-hydrogen) atoms. The number of nitrogens with zero attached hydrogens (tertiary/aromatic N) is 4. The van der Waals surface area contributed by atoms with Crippen LogP contribution in [0.5, 0.6) is 0 Å². The van der Waals surface area contributed by atoms with Gasteiger partial charge in [-0.2, -0.15) is 5.26 Å². The minimum absolute atomic E-state index is 0.251. The fourth-order valence-corrected chi connectivity index (χ4v) is 4.29. The molecule has 0 spiro atoms. The second-order valence-corrected chi connectivity index (χ2v) is 8.17. The number of nitriles is 1. The molecule has 2 fully saturated rings. The molecule has 2 aromatic rings. The molecule has 5 nitrogen and oxygen atoms in total. The molecule has 5 heteroatoms. The normalized spacial score (nSPS) is 18.2. The molecule has 0 atom stereocenters. The smallest absolute Gasteiger partial charge is 0.178 e. The van der Waals surface area contributed by atoms with E-state index in [4.69, 9.17) is 5.26 Å². The molecule has 2 aliphatic rings. The van der Waals surface area contributed by atoms with Crippen molar-refractivity contribution in [1.82, 2.24) is 14.4 Å². The summed E-state index contributed by atoms with van der Waals surface area (Å²) >= 11 is 0. The van der Waals surface area contributed by atoms with Crippen LogP contribution in [-0.2, 0) is 6.54 Å². The Balaban J connectivity index is 1.30. The van der Waals surface area contributed by atoms with E-state index in [9.17, 15) is 4.79 Å². The minimum atomic E-state index is 0.251. The zero-order valence-corrected chi connectivity index (χ0v) is 16.8. The lowest BCUT2D eigenvalue weighted by Crippen LogP contribution is -2.47. The molecular weight excluding hydrogens is 348 g/mol. The van der Waals surface area contributed by atoms with Gasteiger partial charge in [0.25, 0.3) is 0 Å². The standard InChI is InChI=1S/C23H28N4O/c1-17-13-22(18(2)27(17)21-7-8-21)23(28)16-26-11-9-25(10-12-26)15-20-5-3-19(14-24)4-6-20/h3-6,13,21H,7-12,15-16H2,1-2H3. The summed E-state index contributed by atoms with van der Waals surface area (Å²) in [6.07, 6.45) is 2.48. The summed E-state index contributed by atoms with van der Waals surface area (Å²) in [5.41, 5.74) is 5.20. The second kappa shape index (κ2) is 7.90. The number of ketones is 1. The van der Waals surface area contributed by atoms with E-state index in [1.54, 1.807) is 0 Å². The molecular formula is C23H28N4O. The molecule has 0 unspecified atom stereocenters. The maximum absolute atomic E-state index is 12.9. The van der Waals surface area contributed by atoms with Crippen LogP contribution in [0.2, 0.25) is 0 Å². The predicted octanol–water partition coefficient (Wildman–Crippen LogP) is 3.31. The van der Waals surface area contributed by atoms with Gasteiger partial charge in [0.15, 0.2) is 5.78 Å². The number of hydrogen-bond acceptors (Lipinski definition) is 4. The van der Waals surface area contributed by atoms with Crippen LogP contribution in [0.4, 0.5) is 0 Å². The first-order valence-corrected chi connectivity index (χ1v) is 10.2. The lowest BCUT2D eigenvalue weighted by Gasteiger charge is -2.34. The van der Waals surface area contributed by atoms with E-state index in [0.717, 1.165) is 44.0 Å². The predicted molar refractivity (Wildman–Crippen MR) is 109 cm³/mol. The van der Waals surface area contributed by atoms with Crippen molar-refractivity contribution < 1.29 is 4.79 Å². The zero-order chi connectivity index (χ0) is 19.7. The third-order valence-corrected chi connectivity index (χ3v) is 6.02. The van der Waals surface area contributed by atoms with Gasteiger partial charge < -0.3 is 4.57 Å². The van der Waals surface area contributed by atoms with E-state index in [2.05, 4.69) is 40.3 Å². The van der Waals surface area contributed by atoms with Crippen LogP contribution < -0.4 is 0 Å². The third kappa shape index (κ3) is 4.04. The Kier molecular flexibility index (Phi) is 5.34. The van der Waals surface area contributed by atoms with Crippen molar-refractivity contribution in [3.05, 3.63) is 58.4 Å². The van der Waals surface area contributed by atoms with E-state index in [0.29, 0.717) is 18.2 Å². The maximum atomic E-state index is 12.9. The Morgan fingerprint density at radius 1 is 1.07 bits per heavy atom. The lowest BCUT2D eigenvalue weighted by atomic mass is 10.1. The number of aryl methyl sites for hydroxylation is 1. The Labute approximate surface area is 167 Å². The van der Waals surface area contributed by atoms with E-state index in [1.165, 1.54) is 24.1 Å². The van der Waals surface area contributed by atoms with Crippen molar-refractivity contribution in [3.63, 3.8) is 0 Å². The number of carbonyl (C=O) groups is 1. The number of piperazine rings is 1. The van der Waals surface area contributed by atoms with Crippen molar-refractivity contribution in [2.75, 3.05) is 32.7 Å². The van der Waals surface area contributed by atoms with Crippen molar-refractivity contribution >= 4 is 5.78 Å². The number of carbonyl (C=O) groups excluding carboxylic acids is 1. The summed E-state index contributed by atoms with van der Waals surface area (Å²) < 4.78 is 2.35. The summed E-state index contributed by atoms with van der Waals surface area (Å²) in [6, 6.07) is 12.7. The highest BCUT2D eigenvalue weighted by molar-refractivity contribution is 5.99. The van der Waals surface area contributed by atoms with Crippen LogP contribution in [0.3, 0.4) is 0 Å². The van der Waals surface area contributed by atoms with E-state index < -0.39 is 0 Å². The topological polar surface area (TPSA) is 52.3 Å². The highest BCUT2D eigenvalue weighted by atomic mass is 16.1. The molecule has 1 aromatic heterocycles.